The molecule has 4 aromatic heterocycles. The van der Waals surface area contributed by atoms with Crippen LogP contribution in [-0.2, 0) is 25.6 Å². The lowest BCUT2D eigenvalue weighted by atomic mass is 10.0. The van der Waals surface area contributed by atoms with Crippen LogP contribution in [0, 0.1) is 19.8 Å². The van der Waals surface area contributed by atoms with Crippen molar-refractivity contribution < 1.29 is 33.3 Å². The van der Waals surface area contributed by atoms with Gasteiger partial charge >= 0.3 is 0 Å². The molecule has 1 aromatic carbocycles. The predicted molar refractivity (Wildman–Crippen MR) is 216 cm³/mol. The van der Waals surface area contributed by atoms with Gasteiger partial charge in [0, 0.05) is 61.8 Å². The molecule has 6 amide bonds. The van der Waals surface area contributed by atoms with E-state index in [-0.39, 0.29) is 48.9 Å². The quantitative estimate of drug-likeness (QED) is 0.204. The number of nitrogens with zero attached hydrogens (tertiary/aromatic N) is 6. The minimum Gasteiger partial charge on any atom is -0.361 e. The van der Waals surface area contributed by atoms with Crippen LogP contribution < -0.4 is 16.0 Å². The van der Waals surface area contributed by atoms with Crippen molar-refractivity contribution in [2.24, 2.45) is 5.92 Å². The van der Waals surface area contributed by atoms with Gasteiger partial charge in [0.15, 0.2) is 0 Å². The molecule has 58 heavy (non-hydrogen) atoms. The maximum Gasteiger partial charge on any atom is 0.271 e. The molecular weight excluding hydrogens is 765 g/mol. The molecule has 18 heteroatoms. The van der Waals surface area contributed by atoms with E-state index in [4.69, 9.17) is 4.52 Å². The van der Waals surface area contributed by atoms with E-state index in [1.165, 1.54) is 47.1 Å². The molecule has 0 fully saturated rings. The Kier molecular flexibility index (Phi) is 12.5. The summed E-state index contributed by atoms with van der Waals surface area (Å²) in [6, 6.07) is 6.49. The van der Waals surface area contributed by atoms with Gasteiger partial charge in [-0.2, -0.15) is 0 Å². The predicted octanol–water partition coefficient (Wildman–Crippen LogP) is 2.90. The Balaban J connectivity index is 1.33. The molecule has 17 nitrogen and oxygen atoms in total. The van der Waals surface area contributed by atoms with E-state index in [9.17, 15) is 28.8 Å². The number of benzene rings is 1. The molecule has 5 aromatic rings. The number of carbonyl (C=O) groups is 6. The maximum atomic E-state index is 14.3. The molecule has 3 atom stereocenters. The highest BCUT2D eigenvalue weighted by atomic mass is 32.1. The van der Waals surface area contributed by atoms with Gasteiger partial charge in [-0.1, -0.05) is 37.2 Å². The zero-order valence-electron chi connectivity index (χ0n) is 33.5. The first kappa shape index (κ1) is 41.5. The molecule has 0 saturated heterocycles. The van der Waals surface area contributed by atoms with Crippen molar-refractivity contribution in [3.63, 3.8) is 0 Å². The summed E-state index contributed by atoms with van der Waals surface area (Å²) in [6.07, 6.45) is 2.37. The maximum absolute atomic E-state index is 14.3. The van der Waals surface area contributed by atoms with Gasteiger partial charge in [-0.05, 0) is 50.8 Å². The molecule has 1 aliphatic rings. The van der Waals surface area contributed by atoms with E-state index < -0.39 is 60.1 Å². The number of rotatable bonds is 5. The van der Waals surface area contributed by atoms with Crippen molar-refractivity contribution in [2.45, 2.75) is 65.6 Å². The number of pyridine rings is 1. The minimum absolute atomic E-state index is 0.0147. The second-order valence-electron chi connectivity index (χ2n) is 15.1. The van der Waals surface area contributed by atoms with E-state index in [1.54, 1.807) is 31.5 Å². The Morgan fingerprint density at radius 2 is 1.67 bits per heavy atom. The third-order valence-corrected chi connectivity index (χ3v) is 10.9. The molecule has 0 aliphatic carbocycles. The first-order valence-electron chi connectivity index (χ1n) is 19.0. The van der Waals surface area contributed by atoms with E-state index in [1.807, 2.05) is 38.1 Å². The number of fused-ring (bicyclic) bond motifs is 4. The molecule has 5 heterocycles. The number of hydrogen-bond donors (Lipinski definition) is 4. The lowest BCUT2D eigenvalue weighted by molar-refractivity contribution is -0.138. The number of H-pyrrole nitrogens is 1. The first-order valence-corrected chi connectivity index (χ1v) is 19.9. The van der Waals surface area contributed by atoms with Crippen molar-refractivity contribution >= 4 is 68.8 Å². The summed E-state index contributed by atoms with van der Waals surface area (Å²) in [5, 5.41) is 15.8. The van der Waals surface area contributed by atoms with Crippen LogP contribution in [0.2, 0.25) is 0 Å². The average molecular weight is 813 g/mol. The van der Waals surface area contributed by atoms with Crippen LogP contribution in [0.4, 0.5) is 0 Å². The Labute approximate surface area is 338 Å². The number of aromatic nitrogens is 4. The summed E-state index contributed by atoms with van der Waals surface area (Å²) in [4.78, 5) is 99.0. The number of aromatic amines is 1. The largest absolute Gasteiger partial charge is 0.361 e. The van der Waals surface area contributed by atoms with Crippen LogP contribution in [0.5, 0.6) is 0 Å². The zero-order valence-corrected chi connectivity index (χ0v) is 34.4. The highest BCUT2D eigenvalue weighted by molar-refractivity contribution is 7.09. The number of nitrogens with one attached hydrogen (secondary N) is 4. The van der Waals surface area contributed by atoms with Crippen LogP contribution in [0.15, 0.2) is 46.4 Å². The molecular formula is C40H48N10O7S. The molecule has 0 unspecified atom stereocenters. The summed E-state index contributed by atoms with van der Waals surface area (Å²) in [5.74, 6) is -3.07. The van der Waals surface area contributed by atoms with Crippen molar-refractivity contribution in [1.82, 2.24) is 50.8 Å². The molecule has 1 aliphatic heterocycles. The number of carbonyl (C=O) groups excluding carboxylic acids is 6. The molecule has 0 radical (unpaired) electrons. The summed E-state index contributed by atoms with van der Waals surface area (Å²) in [6.45, 7) is 8.11. The van der Waals surface area contributed by atoms with Crippen molar-refractivity contribution in [2.75, 3.05) is 40.3 Å². The van der Waals surface area contributed by atoms with Gasteiger partial charge in [0.25, 0.3) is 17.5 Å². The zero-order chi connectivity index (χ0) is 41.8. The molecule has 4 N–H and O–H groups in total. The van der Waals surface area contributed by atoms with Crippen molar-refractivity contribution in [1.29, 1.82) is 0 Å². The second kappa shape index (κ2) is 17.5. The Hall–Kier alpha value is -6.17. The summed E-state index contributed by atoms with van der Waals surface area (Å²) >= 11 is 1.19. The Morgan fingerprint density at radius 3 is 2.43 bits per heavy atom. The van der Waals surface area contributed by atoms with Crippen LogP contribution in [0.25, 0.3) is 22.0 Å². The van der Waals surface area contributed by atoms with Gasteiger partial charge < -0.3 is 40.2 Å². The van der Waals surface area contributed by atoms with Crippen molar-refractivity contribution in [3.05, 3.63) is 75.1 Å². The SMILES string of the molecule is Cc1cc(C(=O)N2CCN(C)C(=O)[C@H](C)NC(=O)CN(C)C(=O)[C@@H](Cc3c[nH]c4ccccc34)NC(=O)c3csc(n3)[C@H](CC(C)C)NC(=O)C2)c2c(C)noc2n1. The van der Waals surface area contributed by atoms with E-state index in [0.717, 1.165) is 16.5 Å². The topological polar surface area (TPSA) is 216 Å². The molecule has 0 saturated carbocycles. The Bertz CT molecular complexity index is 2370. The van der Waals surface area contributed by atoms with Gasteiger partial charge in [-0.15, -0.1) is 11.3 Å². The highest BCUT2D eigenvalue weighted by Crippen LogP contribution is 2.27. The average Bonchev–Trinajstić information content (AvgIpc) is 3.93. The third-order valence-electron chi connectivity index (χ3n) is 9.98. The molecule has 2 bridgehead atoms. The fraction of sp³-hybridized carbons (Fsp3) is 0.425. The van der Waals surface area contributed by atoms with Crippen molar-refractivity contribution in [3.8, 4) is 0 Å². The van der Waals surface area contributed by atoms with Gasteiger partial charge in [0.05, 0.1) is 35.8 Å². The van der Waals surface area contributed by atoms with Gasteiger partial charge in [-0.3, -0.25) is 28.8 Å². The number of aryl methyl sites for hydroxylation is 2. The number of para-hydroxylation sites is 1. The van der Waals surface area contributed by atoms with E-state index >= 15 is 0 Å². The van der Waals surface area contributed by atoms with E-state index in [2.05, 4.69) is 36.1 Å². The van der Waals surface area contributed by atoms with Gasteiger partial charge in [-0.25, -0.2) is 9.97 Å². The molecule has 0 spiro atoms. The number of thiazole rings is 1. The first-order chi connectivity index (χ1) is 27.6. The fourth-order valence-corrected chi connectivity index (χ4v) is 7.90. The van der Waals surface area contributed by atoms with Crippen LogP contribution in [0.1, 0.15) is 76.0 Å². The fourth-order valence-electron chi connectivity index (χ4n) is 7.04. The summed E-state index contributed by atoms with van der Waals surface area (Å²) in [7, 11) is 2.99. The second-order valence-corrected chi connectivity index (χ2v) is 16.0. The number of likely N-dealkylation sites (N-methyl/N-ethyl adjacent to an activating group) is 2. The lowest BCUT2D eigenvalue weighted by Gasteiger charge is -2.28. The Morgan fingerprint density at radius 1 is 0.931 bits per heavy atom. The van der Waals surface area contributed by atoms with Crippen LogP contribution in [-0.4, -0.2) is 123 Å². The number of hydrogen-bond acceptors (Lipinski definition) is 11. The smallest absolute Gasteiger partial charge is 0.271 e. The normalized spacial score (nSPS) is 19.7. The monoisotopic (exact) mass is 812 g/mol. The number of amides is 6. The molecule has 6 rings (SSSR count). The summed E-state index contributed by atoms with van der Waals surface area (Å²) < 4.78 is 5.36. The van der Waals surface area contributed by atoms with Crippen LogP contribution in [0.3, 0.4) is 0 Å². The van der Waals surface area contributed by atoms with Crippen LogP contribution >= 0.6 is 11.3 Å². The summed E-state index contributed by atoms with van der Waals surface area (Å²) in [5.41, 5.74) is 3.09. The lowest BCUT2D eigenvalue weighted by Crippen LogP contribution is -2.53. The minimum atomic E-state index is -1.09. The standard InChI is InChI=1S/C40H48N10O7S/c1-21(2)14-29-37-46-31(20-58-37)35(53)45-30(16-25-17-41-28-11-9-8-10-26(25)28)40(56)49(7)18-32(51)43-24(5)38(54)48(6)12-13-50(19-33(52)44-29)39(55)27-15-22(3)42-36-34(27)23(4)47-57-36/h8-11,15,17,20-21,24,29-30,41H,12-14,16,18-19H2,1-7H3,(H,43,51)(H,44,52)(H,45,53)/t24-,29-,30+/m0/s1. The van der Waals surface area contributed by atoms with Gasteiger partial charge in [0.2, 0.25) is 23.6 Å². The van der Waals surface area contributed by atoms with E-state index in [0.29, 0.717) is 28.2 Å². The highest BCUT2D eigenvalue weighted by Gasteiger charge is 2.31. The third kappa shape index (κ3) is 9.33. The van der Waals surface area contributed by atoms with Gasteiger partial charge in [0.1, 0.15) is 22.8 Å². The molecule has 306 valence electrons.